The van der Waals surface area contributed by atoms with Gasteiger partial charge in [-0.3, -0.25) is 0 Å². The van der Waals surface area contributed by atoms with Gasteiger partial charge >= 0.3 is 0 Å². The molecule has 28 heavy (non-hydrogen) atoms. The van der Waals surface area contributed by atoms with Crippen molar-refractivity contribution in [3.63, 3.8) is 0 Å². The molecule has 0 unspecified atom stereocenters. The smallest absolute Gasteiger partial charge is 0.125 e. The Bertz CT molecular complexity index is 903. The van der Waals surface area contributed by atoms with Crippen LogP contribution in [0.3, 0.4) is 0 Å². The van der Waals surface area contributed by atoms with Crippen molar-refractivity contribution in [1.82, 2.24) is 15.1 Å². The fraction of sp³-hybridized carbons (Fsp3) is 0.348. The zero-order chi connectivity index (χ0) is 20.1. The Hall–Kier alpha value is -2.63. The van der Waals surface area contributed by atoms with Gasteiger partial charge in [-0.1, -0.05) is 24.3 Å². The first-order valence-corrected chi connectivity index (χ1v) is 9.72. The summed E-state index contributed by atoms with van der Waals surface area (Å²) in [6.07, 6.45) is 2.01. The average Bonchev–Trinajstić information content (AvgIpc) is 3.08. The van der Waals surface area contributed by atoms with Crippen molar-refractivity contribution in [2.24, 2.45) is 0 Å². The molecule has 1 atom stereocenters. The molecular formula is C23H29N3O2. The fourth-order valence-electron chi connectivity index (χ4n) is 3.29. The summed E-state index contributed by atoms with van der Waals surface area (Å²) in [5.74, 6) is 0.745. The third-order valence-corrected chi connectivity index (χ3v) is 4.79. The number of hydrogen-bond acceptors (Lipinski definition) is 4. The van der Waals surface area contributed by atoms with Crippen molar-refractivity contribution < 1.29 is 9.84 Å². The van der Waals surface area contributed by atoms with Crippen LogP contribution >= 0.6 is 0 Å². The molecule has 0 aliphatic carbocycles. The molecule has 2 aromatic carbocycles. The van der Waals surface area contributed by atoms with Gasteiger partial charge in [0.25, 0.3) is 0 Å². The number of nitrogens with zero attached hydrogens (tertiary/aromatic N) is 2. The number of para-hydroxylation sites is 1. The molecule has 0 amide bonds. The lowest BCUT2D eigenvalue weighted by molar-refractivity contribution is 0.225. The Morgan fingerprint density at radius 1 is 1.11 bits per heavy atom. The molecule has 5 nitrogen and oxygen atoms in total. The Kier molecular flexibility index (Phi) is 6.49. The Morgan fingerprint density at radius 3 is 2.54 bits per heavy atom. The van der Waals surface area contributed by atoms with Gasteiger partial charge in [-0.15, -0.1) is 0 Å². The zero-order valence-electron chi connectivity index (χ0n) is 17.0. The van der Waals surface area contributed by atoms with E-state index in [0.29, 0.717) is 6.54 Å². The van der Waals surface area contributed by atoms with Crippen LogP contribution in [0.15, 0.2) is 54.7 Å². The molecule has 0 aliphatic rings. The lowest BCUT2D eigenvalue weighted by atomic mass is 10.1. The highest BCUT2D eigenvalue weighted by molar-refractivity contribution is 5.38. The molecule has 0 bridgehead atoms. The second-order valence-corrected chi connectivity index (χ2v) is 7.30. The molecule has 148 valence electrons. The minimum absolute atomic E-state index is 0.0333. The van der Waals surface area contributed by atoms with Crippen LogP contribution in [0, 0.1) is 6.92 Å². The van der Waals surface area contributed by atoms with Gasteiger partial charge in [0, 0.05) is 29.4 Å². The summed E-state index contributed by atoms with van der Waals surface area (Å²) in [5.41, 5.74) is 5.29. The zero-order valence-corrected chi connectivity index (χ0v) is 17.0. The SMILES string of the molecule is Cc1c([C@H](C)NCc2ccc(OC(C)C)c(CO)c2)cnn1-c1ccccc1. The minimum Gasteiger partial charge on any atom is -0.491 e. The number of aromatic nitrogens is 2. The van der Waals surface area contributed by atoms with Gasteiger partial charge in [-0.25, -0.2) is 4.68 Å². The first-order chi connectivity index (χ1) is 13.5. The van der Waals surface area contributed by atoms with E-state index in [4.69, 9.17) is 4.74 Å². The van der Waals surface area contributed by atoms with Crippen LogP contribution in [0.25, 0.3) is 5.69 Å². The van der Waals surface area contributed by atoms with Crippen molar-refractivity contribution in [2.45, 2.75) is 53.0 Å². The van der Waals surface area contributed by atoms with E-state index in [-0.39, 0.29) is 18.8 Å². The van der Waals surface area contributed by atoms with Gasteiger partial charge in [-0.05, 0) is 57.5 Å². The molecule has 0 radical (unpaired) electrons. The molecule has 0 spiro atoms. The molecule has 0 fully saturated rings. The number of nitrogens with one attached hydrogen (secondary N) is 1. The van der Waals surface area contributed by atoms with E-state index in [1.807, 2.05) is 61.1 Å². The monoisotopic (exact) mass is 379 g/mol. The molecule has 5 heteroatoms. The van der Waals surface area contributed by atoms with Gasteiger partial charge in [0.1, 0.15) is 5.75 Å². The van der Waals surface area contributed by atoms with Gasteiger partial charge < -0.3 is 15.2 Å². The highest BCUT2D eigenvalue weighted by Crippen LogP contribution is 2.23. The topological polar surface area (TPSA) is 59.3 Å². The predicted molar refractivity (Wildman–Crippen MR) is 112 cm³/mol. The lowest BCUT2D eigenvalue weighted by Gasteiger charge is -2.17. The van der Waals surface area contributed by atoms with E-state index in [1.54, 1.807) is 0 Å². The fourth-order valence-corrected chi connectivity index (χ4v) is 3.29. The number of ether oxygens (including phenoxy) is 1. The van der Waals surface area contributed by atoms with E-state index in [0.717, 1.165) is 28.3 Å². The summed E-state index contributed by atoms with van der Waals surface area (Å²) in [5, 5.41) is 17.8. The standard InChI is InChI=1S/C23H29N3O2/c1-16(2)28-23-11-10-19(12-20(23)15-27)13-24-17(3)22-14-25-26(18(22)4)21-8-6-5-7-9-21/h5-12,14,16-17,24,27H,13,15H2,1-4H3/t17-/m0/s1. The van der Waals surface area contributed by atoms with Crippen LogP contribution in [0.5, 0.6) is 5.75 Å². The molecule has 0 saturated heterocycles. The van der Waals surface area contributed by atoms with Crippen molar-refractivity contribution in [1.29, 1.82) is 0 Å². The predicted octanol–water partition coefficient (Wildman–Crippen LogP) is 4.31. The first kappa shape index (κ1) is 20.1. The number of aliphatic hydroxyl groups is 1. The molecular weight excluding hydrogens is 350 g/mol. The highest BCUT2D eigenvalue weighted by Gasteiger charge is 2.14. The third-order valence-electron chi connectivity index (χ3n) is 4.79. The second kappa shape index (κ2) is 9.04. The summed E-state index contributed by atoms with van der Waals surface area (Å²) < 4.78 is 7.72. The molecule has 1 aromatic heterocycles. The average molecular weight is 380 g/mol. The van der Waals surface area contributed by atoms with Crippen LogP contribution < -0.4 is 10.1 Å². The summed E-state index contributed by atoms with van der Waals surface area (Å²) in [4.78, 5) is 0. The number of hydrogen-bond donors (Lipinski definition) is 2. The van der Waals surface area contributed by atoms with Crippen molar-refractivity contribution in [2.75, 3.05) is 0 Å². The van der Waals surface area contributed by atoms with Crippen LogP contribution in [-0.4, -0.2) is 21.0 Å². The molecule has 0 saturated carbocycles. The second-order valence-electron chi connectivity index (χ2n) is 7.30. The Labute approximate surface area is 167 Å². The molecule has 2 N–H and O–H groups in total. The third kappa shape index (κ3) is 4.61. The number of rotatable bonds is 8. The Balaban J connectivity index is 1.69. The van der Waals surface area contributed by atoms with E-state index in [1.165, 1.54) is 5.56 Å². The van der Waals surface area contributed by atoms with Crippen molar-refractivity contribution in [3.8, 4) is 11.4 Å². The van der Waals surface area contributed by atoms with Crippen LogP contribution in [-0.2, 0) is 13.2 Å². The normalized spacial score (nSPS) is 12.4. The van der Waals surface area contributed by atoms with E-state index in [9.17, 15) is 5.11 Å². The van der Waals surface area contributed by atoms with Crippen LogP contribution in [0.1, 0.15) is 49.2 Å². The lowest BCUT2D eigenvalue weighted by Crippen LogP contribution is -2.19. The van der Waals surface area contributed by atoms with Crippen molar-refractivity contribution in [3.05, 3.63) is 77.1 Å². The largest absolute Gasteiger partial charge is 0.491 e. The molecule has 1 heterocycles. The van der Waals surface area contributed by atoms with Crippen LogP contribution in [0.2, 0.25) is 0 Å². The Morgan fingerprint density at radius 2 is 1.86 bits per heavy atom. The summed E-state index contributed by atoms with van der Waals surface area (Å²) in [7, 11) is 0. The van der Waals surface area contributed by atoms with E-state index >= 15 is 0 Å². The molecule has 3 aromatic rings. The maximum Gasteiger partial charge on any atom is 0.125 e. The van der Waals surface area contributed by atoms with E-state index in [2.05, 4.69) is 36.4 Å². The van der Waals surface area contributed by atoms with Gasteiger partial charge in [0.15, 0.2) is 0 Å². The number of benzene rings is 2. The molecule has 0 aliphatic heterocycles. The maximum absolute atomic E-state index is 9.65. The van der Waals surface area contributed by atoms with Gasteiger partial charge in [-0.2, -0.15) is 5.10 Å². The maximum atomic E-state index is 9.65. The van der Waals surface area contributed by atoms with Gasteiger partial charge in [0.05, 0.1) is 24.6 Å². The molecule has 3 rings (SSSR count). The summed E-state index contributed by atoms with van der Waals surface area (Å²) in [6, 6.07) is 16.3. The number of aliphatic hydroxyl groups excluding tert-OH is 1. The highest BCUT2D eigenvalue weighted by atomic mass is 16.5. The van der Waals surface area contributed by atoms with Crippen molar-refractivity contribution >= 4 is 0 Å². The quantitative estimate of drug-likeness (QED) is 0.612. The first-order valence-electron chi connectivity index (χ1n) is 9.72. The summed E-state index contributed by atoms with van der Waals surface area (Å²) in [6.45, 7) is 8.87. The minimum atomic E-state index is -0.0333. The van der Waals surface area contributed by atoms with Crippen LogP contribution in [0.4, 0.5) is 0 Å². The van der Waals surface area contributed by atoms with E-state index < -0.39 is 0 Å². The summed E-state index contributed by atoms with van der Waals surface area (Å²) >= 11 is 0. The van der Waals surface area contributed by atoms with Gasteiger partial charge in [0.2, 0.25) is 0 Å².